The van der Waals surface area contributed by atoms with Crippen LogP contribution in [0.5, 0.6) is 0 Å². The molecular weight excluding hydrogens is 104 g/mol. The number of carbonyl (C=O) groups is 1. The Balaban J connectivity index is 5.24. The van der Waals surface area contributed by atoms with Crippen LogP contribution in [-0.4, -0.2) is 11.1 Å². The van der Waals surface area contributed by atoms with Crippen molar-refractivity contribution in [2.75, 3.05) is 0 Å². The number of hydrogen-bond donors (Lipinski definition) is 1. The number of hydrogen-bond acceptors (Lipinski definition) is 1. The van der Waals surface area contributed by atoms with Crippen molar-refractivity contribution in [3.05, 3.63) is 0 Å². The molecule has 0 heterocycles. The van der Waals surface area contributed by atoms with Crippen LogP contribution in [0.25, 0.3) is 0 Å². The van der Waals surface area contributed by atoms with Gasteiger partial charge < -0.3 is 5.11 Å². The highest BCUT2D eigenvalue weighted by Gasteiger charge is 1.92. The molecule has 0 amide bonds. The van der Waals surface area contributed by atoms with Gasteiger partial charge in [-0.05, 0) is 6.37 Å². The van der Waals surface area contributed by atoms with Crippen molar-refractivity contribution in [2.45, 2.75) is 32.5 Å². The van der Waals surface area contributed by atoms with Crippen LogP contribution in [0.15, 0.2) is 0 Å². The summed E-state index contributed by atoms with van der Waals surface area (Å²) in [6, 6.07) is 0. The van der Waals surface area contributed by atoms with E-state index in [4.69, 9.17) is 13.3 Å². The lowest BCUT2D eigenvalue weighted by Crippen LogP contribution is -1.92. The molecular formula is C6H12O2. The molecule has 0 aliphatic rings. The quantitative estimate of drug-likeness (QED) is 0.615. The normalized spacial score (nSPS) is 25.6. The molecule has 0 fully saturated rings. The van der Waals surface area contributed by atoms with E-state index in [1.54, 1.807) is 0 Å². The lowest BCUT2D eigenvalue weighted by Gasteiger charge is -1.89. The molecule has 0 atom stereocenters. The Hall–Kier alpha value is -0.530. The van der Waals surface area contributed by atoms with E-state index < -0.39 is 25.1 Å². The Morgan fingerprint density at radius 1 is 1.75 bits per heavy atom. The summed E-state index contributed by atoms with van der Waals surface area (Å²) in [7, 11) is 0. The van der Waals surface area contributed by atoms with Gasteiger partial charge in [0.2, 0.25) is 0 Å². The predicted octanol–water partition coefficient (Wildman–Crippen LogP) is 1.65. The Bertz CT molecular complexity index is 236. The molecule has 2 nitrogen and oxygen atoms in total. The Morgan fingerprint density at radius 2 is 2.38 bits per heavy atom. The van der Waals surface area contributed by atoms with E-state index in [1.807, 2.05) is 0 Å². The summed E-state index contributed by atoms with van der Waals surface area (Å²) in [5, 5.41) is 8.45. The summed E-state index contributed by atoms with van der Waals surface area (Å²) in [6.45, 7) is 1.33. The average molecular weight is 122 g/mol. The zero-order chi connectivity index (χ0) is 11.8. The van der Waals surface area contributed by atoms with Crippen LogP contribution in [0.4, 0.5) is 0 Å². The minimum atomic E-state index is -3.24. The molecule has 0 saturated carbocycles. The third kappa shape index (κ3) is 5.47. The molecule has 0 aromatic carbocycles. The van der Waals surface area contributed by atoms with Crippen molar-refractivity contribution < 1.29 is 18.1 Å². The summed E-state index contributed by atoms with van der Waals surface area (Å²) < 4.78 is 42.8. The van der Waals surface area contributed by atoms with E-state index >= 15 is 0 Å². The molecule has 48 valence electrons. The molecule has 1 N–H and O–H groups in total. The van der Waals surface area contributed by atoms with Crippen LogP contribution in [0.2, 0.25) is 0 Å². The van der Waals surface area contributed by atoms with E-state index in [0.29, 0.717) is 0 Å². The van der Waals surface area contributed by atoms with Gasteiger partial charge in [-0.25, -0.2) is 0 Å². The maximum absolute atomic E-state index is 10.4. The van der Waals surface area contributed by atoms with Crippen LogP contribution in [0, 0.1) is 0 Å². The summed E-state index contributed by atoms with van der Waals surface area (Å²) in [5.41, 5.74) is 0. The standard InChI is InChI=1S/C6H12O2/c1-2-3-4-5-6(7)8/h2-5H2,1H3,(H,7,8)/i3D2,4D2,5D2. The van der Waals surface area contributed by atoms with Crippen LogP contribution in [0.3, 0.4) is 0 Å². The lowest BCUT2D eigenvalue weighted by atomic mass is 10.2. The Kier molecular flexibility index (Phi) is 1.16. The minimum absolute atomic E-state index is 0.299. The van der Waals surface area contributed by atoms with Gasteiger partial charge in [-0.3, -0.25) is 4.79 Å². The van der Waals surface area contributed by atoms with Gasteiger partial charge >= 0.3 is 5.97 Å². The highest BCUT2D eigenvalue weighted by atomic mass is 16.4. The molecule has 0 aromatic heterocycles. The van der Waals surface area contributed by atoms with Gasteiger partial charge in [0.25, 0.3) is 0 Å². The zero-order valence-electron chi connectivity index (χ0n) is 10.6. The fourth-order valence-electron chi connectivity index (χ4n) is 0.186. The summed E-state index contributed by atoms with van der Waals surface area (Å²) >= 11 is 0. The number of carboxylic acid groups (broad SMARTS) is 1. The van der Waals surface area contributed by atoms with Gasteiger partial charge in [0, 0.05) is 14.6 Å². The van der Waals surface area contributed by atoms with E-state index in [2.05, 4.69) is 0 Å². The fraction of sp³-hybridized carbons (Fsp3) is 0.833. The number of rotatable bonds is 4. The fourth-order valence-corrected chi connectivity index (χ4v) is 0.186. The van der Waals surface area contributed by atoms with Gasteiger partial charge in [0.1, 0.15) is 0 Å². The first-order valence-electron chi connectivity index (χ1n) is 5.24. The molecule has 2 heteroatoms. The van der Waals surface area contributed by atoms with Crippen molar-refractivity contribution in [3.63, 3.8) is 0 Å². The SMILES string of the molecule is [2H]C([2H])(CC)C([2H])([2H])C([2H])([2H])C(=O)O. The third-order valence-corrected chi connectivity index (χ3v) is 0.435. The maximum atomic E-state index is 10.4. The third-order valence-electron chi connectivity index (χ3n) is 0.435. The van der Waals surface area contributed by atoms with Crippen LogP contribution < -0.4 is 0 Å². The van der Waals surface area contributed by atoms with Gasteiger partial charge in [-0.1, -0.05) is 19.7 Å². The largest absolute Gasteiger partial charge is 0.481 e. The molecule has 0 aliphatic heterocycles. The number of carboxylic acids is 1. The second kappa shape index (κ2) is 4.62. The van der Waals surface area contributed by atoms with E-state index in [-0.39, 0.29) is 6.42 Å². The smallest absolute Gasteiger partial charge is 0.303 e. The second-order valence-electron chi connectivity index (χ2n) is 1.09. The molecule has 0 unspecified atom stereocenters. The Labute approximate surface area is 57.9 Å². The molecule has 0 aromatic rings. The van der Waals surface area contributed by atoms with Crippen molar-refractivity contribution in [3.8, 4) is 0 Å². The van der Waals surface area contributed by atoms with Gasteiger partial charge in [-0.15, -0.1) is 0 Å². The molecule has 8 heavy (non-hydrogen) atoms. The maximum Gasteiger partial charge on any atom is 0.303 e. The van der Waals surface area contributed by atoms with Crippen molar-refractivity contribution in [2.24, 2.45) is 0 Å². The van der Waals surface area contributed by atoms with Crippen LogP contribution in [-0.2, 0) is 4.79 Å². The monoisotopic (exact) mass is 122 g/mol. The molecule has 0 radical (unpaired) electrons. The predicted molar refractivity (Wildman–Crippen MR) is 31.8 cm³/mol. The molecule has 0 bridgehead atoms. The van der Waals surface area contributed by atoms with Gasteiger partial charge in [0.15, 0.2) is 0 Å². The first kappa shape index (κ1) is 2.01. The summed E-state index contributed by atoms with van der Waals surface area (Å²) in [6.07, 6.45) is -9.13. The molecule has 0 spiro atoms. The topological polar surface area (TPSA) is 37.3 Å². The molecule has 0 saturated heterocycles. The number of aliphatic carboxylic acids is 1. The van der Waals surface area contributed by atoms with Crippen LogP contribution in [0.1, 0.15) is 40.7 Å². The van der Waals surface area contributed by atoms with Gasteiger partial charge in [-0.2, -0.15) is 0 Å². The first-order chi connectivity index (χ1) is 6.00. The van der Waals surface area contributed by atoms with Gasteiger partial charge in [0.05, 0.1) is 0 Å². The highest BCUT2D eigenvalue weighted by Crippen LogP contribution is 1.97. The summed E-state index contributed by atoms with van der Waals surface area (Å²) in [4.78, 5) is 10.4. The van der Waals surface area contributed by atoms with E-state index in [0.717, 1.165) is 0 Å². The van der Waals surface area contributed by atoms with E-state index in [1.165, 1.54) is 6.92 Å². The van der Waals surface area contributed by atoms with Crippen molar-refractivity contribution >= 4 is 5.97 Å². The highest BCUT2D eigenvalue weighted by molar-refractivity contribution is 5.66. The molecule has 0 aliphatic carbocycles. The summed E-state index contributed by atoms with van der Waals surface area (Å²) in [5.74, 6) is -2.00. The van der Waals surface area contributed by atoms with E-state index in [9.17, 15) is 4.79 Å². The average Bonchev–Trinajstić information content (AvgIpc) is 2.03. The minimum Gasteiger partial charge on any atom is -0.481 e. The molecule has 0 rings (SSSR count). The van der Waals surface area contributed by atoms with Crippen LogP contribution >= 0.6 is 0 Å². The van der Waals surface area contributed by atoms with Crippen molar-refractivity contribution in [1.29, 1.82) is 0 Å². The zero-order valence-corrected chi connectivity index (χ0v) is 4.56. The lowest BCUT2D eigenvalue weighted by molar-refractivity contribution is -0.137. The Morgan fingerprint density at radius 3 is 2.75 bits per heavy atom. The first-order valence-corrected chi connectivity index (χ1v) is 2.24. The van der Waals surface area contributed by atoms with Crippen molar-refractivity contribution in [1.82, 2.24) is 0 Å². The second-order valence-corrected chi connectivity index (χ2v) is 1.09.